The van der Waals surface area contributed by atoms with Crippen LogP contribution in [0.25, 0.3) is 5.57 Å². The largest absolute Gasteiger partial charge is 0.507 e. The highest BCUT2D eigenvalue weighted by molar-refractivity contribution is 5.98. The number of unbranched alkanes of at least 4 members (excludes halogenated alkanes) is 5. The van der Waals surface area contributed by atoms with Crippen LogP contribution in [0, 0.1) is 5.41 Å². The third-order valence-electron chi connectivity index (χ3n) is 8.26. The van der Waals surface area contributed by atoms with Crippen LogP contribution in [0.2, 0.25) is 0 Å². The molecule has 3 rings (SSSR count). The Labute approximate surface area is 280 Å². The van der Waals surface area contributed by atoms with Gasteiger partial charge in [-0.1, -0.05) is 95.0 Å². The average molecular weight is 647 g/mol. The number of ether oxygens (including phenoxy) is 1. The number of hydrogen-bond acceptors (Lipinski definition) is 8. The molecule has 0 aliphatic carbocycles. The molecule has 1 unspecified atom stereocenters. The number of phenols is 1. The molecule has 2 aromatic carbocycles. The number of benzene rings is 2. The maximum Gasteiger partial charge on any atom is 0.220 e. The topological polar surface area (TPSA) is 146 Å². The summed E-state index contributed by atoms with van der Waals surface area (Å²) in [5, 5.41) is 26.7. The summed E-state index contributed by atoms with van der Waals surface area (Å²) < 4.78 is 6.06. The molecule has 0 radical (unpaired) electrons. The number of hydrogen-bond donors (Lipinski definition) is 5. The van der Waals surface area contributed by atoms with Crippen LogP contribution >= 0.6 is 0 Å². The second-order valence-corrected chi connectivity index (χ2v) is 13.3. The second-order valence-electron chi connectivity index (χ2n) is 13.3. The van der Waals surface area contributed by atoms with Gasteiger partial charge in [-0.05, 0) is 59.9 Å². The van der Waals surface area contributed by atoms with Crippen molar-refractivity contribution in [2.45, 2.75) is 104 Å². The first kappa shape index (κ1) is 37.5. The summed E-state index contributed by atoms with van der Waals surface area (Å²) in [7, 11) is 0. The van der Waals surface area contributed by atoms with Crippen molar-refractivity contribution in [1.82, 2.24) is 10.6 Å². The molecule has 1 heterocycles. The SMILES string of the molecule is CC(C)(C)[C@@H](C=O)NC(=O)CCCCCCCCC(O)NCc1ccc(CCO/C2=C/C(c3ccccc3O)=C\CCN=C2N)cc1. The lowest BCUT2D eigenvalue weighted by molar-refractivity contribution is -0.125. The maximum atomic E-state index is 12.1. The maximum absolute atomic E-state index is 12.1. The molecule has 0 aromatic heterocycles. The molecule has 9 nitrogen and oxygen atoms in total. The first-order valence-electron chi connectivity index (χ1n) is 16.9. The molecule has 0 bridgehead atoms. The number of phenolic OH excluding ortho intramolecular Hbond substituents is 1. The molecular weight excluding hydrogens is 592 g/mol. The number of aliphatic hydroxyl groups excluding tert-OH is 1. The highest BCUT2D eigenvalue weighted by atomic mass is 16.5. The quantitative estimate of drug-likeness (QED) is 0.0722. The summed E-state index contributed by atoms with van der Waals surface area (Å²) in [6.07, 6.45) is 12.6. The minimum atomic E-state index is -0.554. The summed E-state index contributed by atoms with van der Waals surface area (Å²) in [6.45, 7) is 7.39. The van der Waals surface area contributed by atoms with Gasteiger partial charge >= 0.3 is 0 Å². The van der Waals surface area contributed by atoms with Gasteiger partial charge in [0.25, 0.3) is 0 Å². The van der Waals surface area contributed by atoms with E-state index in [-0.39, 0.29) is 17.1 Å². The lowest BCUT2D eigenvalue weighted by Gasteiger charge is -2.26. The number of aliphatic hydroxyl groups is 1. The van der Waals surface area contributed by atoms with Gasteiger partial charge in [0, 0.05) is 31.5 Å². The number of para-hydroxylation sites is 1. The Hall–Kier alpha value is -3.95. The van der Waals surface area contributed by atoms with Gasteiger partial charge in [0.05, 0.1) is 12.6 Å². The zero-order valence-electron chi connectivity index (χ0n) is 28.3. The molecule has 47 heavy (non-hydrogen) atoms. The first-order valence-corrected chi connectivity index (χ1v) is 16.9. The molecule has 256 valence electrons. The molecular formula is C38H54N4O5. The number of carbonyl (C=O) groups excluding carboxylic acids is 2. The van der Waals surface area contributed by atoms with E-state index in [1.54, 1.807) is 12.1 Å². The van der Waals surface area contributed by atoms with Gasteiger partial charge in [-0.15, -0.1) is 0 Å². The number of carbonyl (C=O) groups is 2. The van der Waals surface area contributed by atoms with Gasteiger partial charge in [-0.25, -0.2) is 0 Å². The minimum absolute atomic E-state index is 0.0621. The molecule has 2 aromatic rings. The monoisotopic (exact) mass is 646 g/mol. The van der Waals surface area contributed by atoms with Crippen molar-refractivity contribution >= 4 is 23.6 Å². The Morgan fingerprint density at radius 3 is 2.40 bits per heavy atom. The van der Waals surface area contributed by atoms with Crippen LogP contribution in [0.3, 0.4) is 0 Å². The van der Waals surface area contributed by atoms with Crippen LogP contribution in [0.1, 0.15) is 95.2 Å². The first-order chi connectivity index (χ1) is 22.6. The number of nitrogens with zero attached hydrogens (tertiary/aromatic N) is 1. The van der Waals surface area contributed by atoms with Gasteiger partial charge in [0.15, 0.2) is 11.6 Å². The van der Waals surface area contributed by atoms with E-state index in [9.17, 15) is 19.8 Å². The number of nitrogens with two attached hydrogens (primary N) is 1. The summed E-state index contributed by atoms with van der Waals surface area (Å²) in [6, 6.07) is 15.0. The Balaban J connectivity index is 1.29. The van der Waals surface area contributed by atoms with Gasteiger partial charge in [-0.2, -0.15) is 0 Å². The molecule has 0 spiro atoms. The summed E-state index contributed by atoms with van der Waals surface area (Å²) >= 11 is 0. The van der Waals surface area contributed by atoms with Gasteiger partial charge in [0.2, 0.25) is 5.91 Å². The van der Waals surface area contributed by atoms with Crippen molar-refractivity contribution in [3.8, 4) is 5.75 Å². The Bertz CT molecular complexity index is 1360. The smallest absolute Gasteiger partial charge is 0.220 e. The minimum Gasteiger partial charge on any atom is -0.507 e. The third-order valence-corrected chi connectivity index (χ3v) is 8.26. The van der Waals surface area contributed by atoms with Crippen LogP contribution in [0.15, 0.2) is 71.4 Å². The number of amidine groups is 1. The number of nitrogens with one attached hydrogen (secondary N) is 2. The zero-order chi connectivity index (χ0) is 34.1. The van der Waals surface area contributed by atoms with E-state index in [1.807, 2.05) is 45.1 Å². The van der Waals surface area contributed by atoms with E-state index in [4.69, 9.17) is 10.5 Å². The molecule has 0 fully saturated rings. The van der Waals surface area contributed by atoms with Crippen molar-refractivity contribution in [2.75, 3.05) is 13.2 Å². The predicted molar refractivity (Wildman–Crippen MR) is 189 cm³/mol. The van der Waals surface area contributed by atoms with E-state index >= 15 is 0 Å². The normalized spacial score (nSPS) is 17.1. The Morgan fingerprint density at radius 1 is 1.02 bits per heavy atom. The molecule has 9 heteroatoms. The summed E-state index contributed by atoms with van der Waals surface area (Å²) in [5.41, 5.74) is 9.73. The van der Waals surface area contributed by atoms with Crippen LogP contribution in [-0.4, -0.2) is 53.7 Å². The van der Waals surface area contributed by atoms with E-state index in [2.05, 4.69) is 39.9 Å². The van der Waals surface area contributed by atoms with Gasteiger partial charge in [-0.3, -0.25) is 15.1 Å². The molecule has 6 N–H and O–H groups in total. The number of allylic oxidation sites excluding steroid dienone is 2. The van der Waals surface area contributed by atoms with Crippen LogP contribution in [0.4, 0.5) is 0 Å². The molecule has 0 saturated heterocycles. The number of rotatable bonds is 19. The fourth-order valence-corrected chi connectivity index (χ4v) is 5.25. The van der Waals surface area contributed by atoms with Gasteiger partial charge in [0.1, 0.15) is 18.3 Å². The van der Waals surface area contributed by atoms with E-state index < -0.39 is 12.3 Å². The van der Waals surface area contributed by atoms with Crippen molar-refractivity contribution in [3.63, 3.8) is 0 Å². The standard InChI is InChI=1S/C38H54N4O5/c1-38(2,3)34(27-43)42-36(46)17-9-7-5-4-6-8-16-35(45)41-26-29-20-18-28(19-21-29)22-24-47-33-25-30(13-12-23-40-37(33)39)31-14-10-11-15-32(31)44/h10-11,13-15,18-21,25,27,34-35,41,44-45H,4-9,12,16-17,22-24,26H2,1-3H3,(H2,39,40)(H,42,46)/b30-13+,33-25+/t34-,35?/m1/s1. The fourth-order valence-electron chi connectivity index (χ4n) is 5.25. The molecule has 2 atom stereocenters. The number of aliphatic imine (C=N–C) groups is 1. The Morgan fingerprint density at radius 2 is 1.70 bits per heavy atom. The van der Waals surface area contributed by atoms with Crippen molar-refractivity contribution < 1.29 is 24.5 Å². The van der Waals surface area contributed by atoms with E-state index in [1.165, 1.54) is 0 Å². The number of amides is 1. The average Bonchev–Trinajstić information content (AvgIpc) is 3.03. The molecule has 1 aliphatic rings. The molecule has 1 amide bonds. The summed E-state index contributed by atoms with van der Waals surface area (Å²) in [5.74, 6) is 1.00. The van der Waals surface area contributed by atoms with Crippen LogP contribution in [0.5, 0.6) is 5.75 Å². The zero-order valence-corrected chi connectivity index (χ0v) is 28.3. The van der Waals surface area contributed by atoms with Gasteiger partial charge < -0.3 is 30.8 Å². The predicted octanol–water partition coefficient (Wildman–Crippen LogP) is 5.94. The lowest BCUT2D eigenvalue weighted by atomic mass is 9.87. The van der Waals surface area contributed by atoms with E-state index in [0.717, 1.165) is 73.5 Å². The Kier molecular flexibility index (Phi) is 15.7. The van der Waals surface area contributed by atoms with Crippen molar-refractivity contribution in [3.05, 3.63) is 83.1 Å². The molecule has 0 saturated carbocycles. The van der Waals surface area contributed by atoms with E-state index in [0.29, 0.717) is 50.6 Å². The molecule has 1 aliphatic heterocycles. The highest BCUT2D eigenvalue weighted by Gasteiger charge is 2.25. The number of aromatic hydroxyl groups is 1. The summed E-state index contributed by atoms with van der Waals surface area (Å²) in [4.78, 5) is 27.7. The van der Waals surface area contributed by atoms with Crippen LogP contribution in [-0.2, 0) is 27.3 Å². The second kappa shape index (κ2) is 19.7. The lowest BCUT2D eigenvalue weighted by Crippen LogP contribution is -2.44. The van der Waals surface area contributed by atoms with Crippen molar-refractivity contribution in [2.24, 2.45) is 16.1 Å². The van der Waals surface area contributed by atoms with Crippen LogP contribution < -0.4 is 16.4 Å². The number of aldehydes is 1. The third kappa shape index (κ3) is 13.7. The highest BCUT2D eigenvalue weighted by Crippen LogP contribution is 2.28. The fraction of sp³-hybridized carbons (Fsp3) is 0.500. The van der Waals surface area contributed by atoms with Crippen molar-refractivity contribution in [1.29, 1.82) is 0 Å².